The molecule has 2 amide bonds. The second-order valence-electron chi connectivity index (χ2n) is 6.05. The van der Waals surface area contributed by atoms with Gasteiger partial charge in [0.15, 0.2) is 0 Å². The van der Waals surface area contributed by atoms with E-state index < -0.39 is 5.97 Å². The number of benzene rings is 1. The van der Waals surface area contributed by atoms with E-state index in [0.29, 0.717) is 31.5 Å². The zero-order chi connectivity index (χ0) is 17.0. The summed E-state index contributed by atoms with van der Waals surface area (Å²) in [7, 11) is 0. The number of rotatable bonds is 4. The Morgan fingerprint density at radius 1 is 1.13 bits per heavy atom. The summed E-state index contributed by atoms with van der Waals surface area (Å²) in [5, 5.41) is 11.6. The average molecular weight is 318 g/mol. The molecule has 23 heavy (non-hydrogen) atoms. The summed E-state index contributed by atoms with van der Waals surface area (Å²) < 4.78 is 0. The number of amides is 2. The number of nitrogens with zero attached hydrogens (tertiary/aromatic N) is 1. The molecular formula is C17H22N2O4. The molecule has 1 aliphatic rings. The van der Waals surface area contributed by atoms with Crippen LogP contribution in [-0.4, -0.2) is 47.4 Å². The molecule has 1 aliphatic heterocycles. The van der Waals surface area contributed by atoms with Crippen LogP contribution in [0.3, 0.4) is 0 Å². The number of hydrogen-bond acceptors (Lipinski definition) is 3. The van der Waals surface area contributed by atoms with Crippen molar-refractivity contribution in [1.82, 2.24) is 10.2 Å². The number of likely N-dealkylation sites (tertiary alicyclic amines) is 1. The van der Waals surface area contributed by atoms with Gasteiger partial charge in [-0.3, -0.25) is 14.4 Å². The van der Waals surface area contributed by atoms with E-state index in [1.54, 1.807) is 17.0 Å². The molecule has 0 unspecified atom stereocenters. The average Bonchev–Trinajstić information content (AvgIpc) is 2.51. The standard InChI is InChI=1S/C17H22N2O4/c1-11-7-12(2)9-14(8-11)16(21)18-10-15(20)19-5-3-13(4-6-19)17(22)23/h7-9,13H,3-6,10H2,1-2H3,(H,18,21)(H,22,23). The van der Waals surface area contributed by atoms with Gasteiger partial charge in [-0.15, -0.1) is 0 Å². The second-order valence-corrected chi connectivity index (χ2v) is 6.05. The van der Waals surface area contributed by atoms with Crippen LogP contribution in [0, 0.1) is 19.8 Å². The van der Waals surface area contributed by atoms with Crippen LogP contribution < -0.4 is 5.32 Å². The lowest BCUT2D eigenvalue weighted by Gasteiger charge is -2.30. The van der Waals surface area contributed by atoms with Gasteiger partial charge in [0.2, 0.25) is 5.91 Å². The van der Waals surface area contributed by atoms with Gasteiger partial charge >= 0.3 is 5.97 Å². The third-order valence-corrected chi connectivity index (χ3v) is 4.08. The minimum atomic E-state index is -0.805. The van der Waals surface area contributed by atoms with Crippen molar-refractivity contribution in [1.29, 1.82) is 0 Å². The van der Waals surface area contributed by atoms with Crippen LogP contribution in [-0.2, 0) is 9.59 Å². The molecule has 0 atom stereocenters. The molecular weight excluding hydrogens is 296 g/mol. The first-order chi connectivity index (χ1) is 10.9. The van der Waals surface area contributed by atoms with E-state index in [4.69, 9.17) is 5.11 Å². The lowest BCUT2D eigenvalue weighted by Crippen LogP contribution is -2.45. The molecule has 0 spiro atoms. The number of hydrogen-bond donors (Lipinski definition) is 2. The number of carbonyl (C=O) groups is 3. The van der Waals surface area contributed by atoms with Crippen molar-refractivity contribution in [2.75, 3.05) is 19.6 Å². The van der Waals surface area contributed by atoms with Crippen molar-refractivity contribution in [2.45, 2.75) is 26.7 Å². The van der Waals surface area contributed by atoms with Gasteiger partial charge in [-0.1, -0.05) is 17.2 Å². The fraction of sp³-hybridized carbons (Fsp3) is 0.471. The summed E-state index contributed by atoms with van der Waals surface area (Å²) in [6.07, 6.45) is 0.929. The SMILES string of the molecule is Cc1cc(C)cc(C(=O)NCC(=O)N2CCC(C(=O)O)CC2)c1. The number of aliphatic carboxylic acids is 1. The second kappa shape index (κ2) is 7.26. The van der Waals surface area contributed by atoms with E-state index in [1.807, 2.05) is 19.9 Å². The Hall–Kier alpha value is -2.37. The van der Waals surface area contributed by atoms with Crippen LogP contribution in [0.1, 0.15) is 34.3 Å². The van der Waals surface area contributed by atoms with E-state index in [0.717, 1.165) is 11.1 Å². The largest absolute Gasteiger partial charge is 0.481 e. The van der Waals surface area contributed by atoms with Crippen LogP contribution in [0.4, 0.5) is 0 Å². The lowest BCUT2D eigenvalue weighted by atomic mass is 9.97. The minimum absolute atomic E-state index is 0.0659. The summed E-state index contributed by atoms with van der Waals surface area (Å²) in [6.45, 7) is 4.62. The zero-order valence-electron chi connectivity index (χ0n) is 13.5. The van der Waals surface area contributed by atoms with Crippen molar-refractivity contribution in [3.63, 3.8) is 0 Å². The molecule has 0 saturated carbocycles. The molecule has 6 nitrogen and oxygen atoms in total. The van der Waals surface area contributed by atoms with Crippen molar-refractivity contribution < 1.29 is 19.5 Å². The maximum atomic E-state index is 12.1. The van der Waals surface area contributed by atoms with Crippen LogP contribution in [0.2, 0.25) is 0 Å². The Kier molecular flexibility index (Phi) is 5.36. The molecule has 0 aromatic heterocycles. The molecule has 2 N–H and O–H groups in total. The number of carboxylic acids is 1. The molecule has 1 saturated heterocycles. The Morgan fingerprint density at radius 2 is 1.70 bits per heavy atom. The number of nitrogens with one attached hydrogen (secondary N) is 1. The summed E-state index contributed by atoms with van der Waals surface area (Å²) in [5.74, 6) is -1.62. The van der Waals surface area contributed by atoms with Gasteiger partial charge in [-0.05, 0) is 38.8 Å². The number of carboxylic acid groups (broad SMARTS) is 1. The molecule has 1 aromatic rings. The van der Waals surface area contributed by atoms with Crippen molar-refractivity contribution in [3.8, 4) is 0 Å². The molecule has 1 aromatic carbocycles. The van der Waals surface area contributed by atoms with E-state index in [9.17, 15) is 14.4 Å². The van der Waals surface area contributed by atoms with E-state index in [-0.39, 0.29) is 24.3 Å². The van der Waals surface area contributed by atoms with Crippen LogP contribution in [0.5, 0.6) is 0 Å². The number of carbonyl (C=O) groups excluding carboxylic acids is 2. The lowest BCUT2D eigenvalue weighted by molar-refractivity contribution is -0.145. The number of aryl methyl sites for hydroxylation is 2. The van der Waals surface area contributed by atoms with Crippen LogP contribution in [0.25, 0.3) is 0 Å². The highest BCUT2D eigenvalue weighted by molar-refractivity contribution is 5.96. The molecule has 1 fully saturated rings. The molecule has 0 aliphatic carbocycles. The van der Waals surface area contributed by atoms with Gasteiger partial charge in [-0.2, -0.15) is 0 Å². The van der Waals surface area contributed by atoms with Gasteiger partial charge in [0.05, 0.1) is 12.5 Å². The van der Waals surface area contributed by atoms with Gasteiger partial charge < -0.3 is 15.3 Å². The maximum absolute atomic E-state index is 12.1. The smallest absolute Gasteiger partial charge is 0.306 e. The first kappa shape index (κ1) is 17.0. The van der Waals surface area contributed by atoms with E-state index in [1.165, 1.54) is 0 Å². The zero-order valence-corrected chi connectivity index (χ0v) is 13.5. The fourth-order valence-corrected chi connectivity index (χ4v) is 2.85. The third kappa shape index (κ3) is 4.55. The first-order valence-corrected chi connectivity index (χ1v) is 7.74. The molecule has 0 radical (unpaired) electrons. The molecule has 1 heterocycles. The molecule has 0 bridgehead atoms. The van der Waals surface area contributed by atoms with Gasteiger partial charge in [0.1, 0.15) is 0 Å². The van der Waals surface area contributed by atoms with Gasteiger partial charge in [0, 0.05) is 18.7 Å². The molecule has 2 rings (SSSR count). The van der Waals surface area contributed by atoms with E-state index >= 15 is 0 Å². The summed E-state index contributed by atoms with van der Waals surface area (Å²) >= 11 is 0. The Morgan fingerprint density at radius 3 is 2.22 bits per heavy atom. The van der Waals surface area contributed by atoms with E-state index in [2.05, 4.69) is 5.32 Å². The van der Waals surface area contributed by atoms with Gasteiger partial charge in [-0.25, -0.2) is 0 Å². The Bertz CT molecular complexity index is 599. The highest BCUT2D eigenvalue weighted by Gasteiger charge is 2.26. The maximum Gasteiger partial charge on any atom is 0.306 e. The Labute approximate surface area is 135 Å². The van der Waals surface area contributed by atoms with Crippen molar-refractivity contribution >= 4 is 17.8 Å². The predicted molar refractivity (Wildman–Crippen MR) is 85.2 cm³/mol. The first-order valence-electron chi connectivity index (χ1n) is 7.74. The van der Waals surface area contributed by atoms with Crippen molar-refractivity contribution in [3.05, 3.63) is 34.9 Å². The normalized spacial score (nSPS) is 15.3. The predicted octanol–water partition coefficient (Wildman–Crippen LogP) is 1.36. The minimum Gasteiger partial charge on any atom is -0.481 e. The topological polar surface area (TPSA) is 86.7 Å². The summed E-state index contributed by atoms with van der Waals surface area (Å²) in [6, 6.07) is 5.55. The fourth-order valence-electron chi connectivity index (χ4n) is 2.85. The monoisotopic (exact) mass is 318 g/mol. The summed E-state index contributed by atoms with van der Waals surface area (Å²) in [5.41, 5.74) is 2.54. The number of piperidine rings is 1. The highest BCUT2D eigenvalue weighted by Crippen LogP contribution is 2.17. The Balaban J connectivity index is 1.85. The highest BCUT2D eigenvalue weighted by atomic mass is 16.4. The van der Waals surface area contributed by atoms with Gasteiger partial charge in [0.25, 0.3) is 5.91 Å². The van der Waals surface area contributed by atoms with Crippen LogP contribution in [0.15, 0.2) is 18.2 Å². The molecule has 124 valence electrons. The van der Waals surface area contributed by atoms with Crippen LogP contribution >= 0.6 is 0 Å². The molecule has 6 heteroatoms. The third-order valence-electron chi connectivity index (χ3n) is 4.08. The summed E-state index contributed by atoms with van der Waals surface area (Å²) in [4.78, 5) is 36.7. The van der Waals surface area contributed by atoms with Crippen molar-refractivity contribution in [2.24, 2.45) is 5.92 Å². The quantitative estimate of drug-likeness (QED) is 0.877.